The Morgan fingerprint density at radius 1 is 0.611 bits per heavy atom. The van der Waals surface area contributed by atoms with Gasteiger partial charge in [-0.2, -0.15) is 0 Å². The fourth-order valence-electron chi connectivity index (χ4n) is 1.71. The molecule has 0 fully saturated rings. The van der Waals surface area contributed by atoms with Gasteiger partial charge in [-0.25, -0.2) is 0 Å². The third-order valence-electron chi connectivity index (χ3n) is 3.15. The highest BCUT2D eigenvalue weighted by Gasteiger charge is 1.95. The molecule has 4 heteroatoms. The van der Waals surface area contributed by atoms with Gasteiger partial charge in [-0.3, -0.25) is 0 Å². The van der Waals surface area contributed by atoms with Crippen LogP contribution in [0.1, 0.15) is 40.5 Å². The quantitative estimate of drug-likeness (QED) is 0.622. The predicted octanol–water partition coefficient (Wildman–Crippen LogP) is 1.35. The molecule has 4 nitrogen and oxygen atoms in total. The second-order valence-corrected chi connectivity index (χ2v) is 4.34. The smallest absolute Gasteiger partial charge is 0.000695 e. The van der Waals surface area contributed by atoms with E-state index in [1.54, 1.807) is 0 Å². The summed E-state index contributed by atoms with van der Waals surface area (Å²) in [5.74, 6) is 0. The number of hydrogen-bond donors (Lipinski definition) is 2. The van der Waals surface area contributed by atoms with E-state index in [0.717, 1.165) is 65.2 Å². The summed E-state index contributed by atoms with van der Waals surface area (Å²) in [7, 11) is 0. The minimum atomic E-state index is 0.816. The topological polar surface area (TPSA) is 58.5 Å². The molecular weight excluding hydrogens is 224 g/mol. The molecule has 0 amide bonds. The van der Waals surface area contributed by atoms with Crippen LogP contribution in [-0.4, -0.2) is 62.2 Å². The Morgan fingerprint density at radius 3 is 1.06 bits per heavy atom. The number of hydrogen-bond acceptors (Lipinski definition) is 4. The second-order valence-electron chi connectivity index (χ2n) is 4.34. The molecule has 0 aliphatic carbocycles. The summed E-state index contributed by atoms with van der Waals surface area (Å²) in [5, 5.41) is 0. The van der Waals surface area contributed by atoms with Crippen LogP contribution in [0.2, 0.25) is 0 Å². The van der Waals surface area contributed by atoms with Gasteiger partial charge in [-0.05, 0) is 65.2 Å². The molecular formula is C14H36N4. The largest absolute Gasteiger partial charge is 0.330 e. The van der Waals surface area contributed by atoms with E-state index < -0.39 is 0 Å². The van der Waals surface area contributed by atoms with Gasteiger partial charge in [-0.1, -0.05) is 27.7 Å². The molecule has 0 aliphatic heterocycles. The van der Waals surface area contributed by atoms with E-state index >= 15 is 0 Å². The molecule has 0 bridgehead atoms. The van der Waals surface area contributed by atoms with Gasteiger partial charge >= 0.3 is 0 Å². The maximum atomic E-state index is 5.36. The van der Waals surface area contributed by atoms with E-state index in [-0.39, 0.29) is 0 Å². The second kappa shape index (κ2) is 16.8. The molecule has 0 aliphatic rings. The monoisotopic (exact) mass is 260 g/mol. The lowest BCUT2D eigenvalue weighted by atomic mass is 10.4. The first-order valence-corrected chi connectivity index (χ1v) is 7.54. The van der Waals surface area contributed by atoms with Crippen LogP contribution in [0.4, 0.5) is 0 Å². The standard InChI is InChI=1S/2C7H18N2/c2*1-3-9(4-2)7-5-6-8/h2*3-8H2,1-2H3. The average Bonchev–Trinajstić information content (AvgIpc) is 2.42. The van der Waals surface area contributed by atoms with Gasteiger partial charge in [0.1, 0.15) is 0 Å². The van der Waals surface area contributed by atoms with Gasteiger partial charge < -0.3 is 21.3 Å². The van der Waals surface area contributed by atoms with Gasteiger partial charge in [-0.15, -0.1) is 0 Å². The first-order chi connectivity index (χ1) is 8.69. The number of nitrogens with two attached hydrogens (primary N) is 2. The fourth-order valence-corrected chi connectivity index (χ4v) is 1.71. The molecule has 0 saturated heterocycles. The molecule has 0 unspecified atom stereocenters. The molecule has 18 heavy (non-hydrogen) atoms. The highest BCUT2D eigenvalue weighted by atomic mass is 15.1. The number of rotatable bonds is 10. The van der Waals surface area contributed by atoms with Crippen molar-refractivity contribution in [2.24, 2.45) is 11.5 Å². The molecule has 0 heterocycles. The SMILES string of the molecule is CCN(CC)CCCN.CCN(CC)CCCN. The van der Waals surface area contributed by atoms with Crippen molar-refractivity contribution in [1.29, 1.82) is 0 Å². The zero-order valence-corrected chi connectivity index (χ0v) is 13.1. The highest BCUT2D eigenvalue weighted by molar-refractivity contribution is 4.52. The van der Waals surface area contributed by atoms with Gasteiger partial charge in [0.2, 0.25) is 0 Å². The molecule has 4 N–H and O–H groups in total. The first kappa shape index (κ1) is 20.2. The zero-order chi connectivity index (χ0) is 14.2. The van der Waals surface area contributed by atoms with Gasteiger partial charge in [0.05, 0.1) is 0 Å². The molecule has 0 atom stereocenters. The lowest BCUT2D eigenvalue weighted by molar-refractivity contribution is 0.302. The van der Waals surface area contributed by atoms with Crippen molar-refractivity contribution in [1.82, 2.24) is 9.80 Å². The van der Waals surface area contributed by atoms with Crippen LogP contribution < -0.4 is 11.5 Å². The van der Waals surface area contributed by atoms with Crippen molar-refractivity contribution >= 4 is 0 Å². The van der Waals surface area contributed by atoms with Gasteiger partial charge in [0.25, 0.3) is 0 Å². The lowest BCUT2D eigenvalue weighted by Gasteiger charge is -2.16. The van der Waals surface area contributed by atoms with Crippen LogP contribution in [-0.2, 0) is 0 Å². The minimum absolute atomic E-state index is 0.816. The van der Waals surface area contributed by atoms with Crippen LogP contribution >= 0.6 is 0 Å². The molecule has 112 valence electrons. The van der Waals surface area contributed by atoms with Crippen molar-refractivity contribution < 1.29 is 0 Å². The Balaban J connectivity index is 0. The molecule has 0 rings (SSSR count). The maximum Gasteiger partial charge on any atom is -0.000695 e. The molecule has 0 aromatic carbocycles. The van der Waals surface area contributed by atoms with Crippen molar-refractivity contribution in [3.05, 3.63) is 0 Å². The Labute approximate surface area is 115 Å². The molecule has 0 spiro atoms. The van der Waals surface area contributed by atoms with Gasteiger partial charge in [0.15, 0.2) is 0 Å². The first-order valence-electron chi connectivity index (χ1n) is 7.54. The zero-order valence-electron chi connectivity index (χ0n) is 13.1. The molecule has 0 radical (unpaired) electrons. The number of nitrogens with zero attached hydrogens (tertiary/aromatic N) is 2. The third kappa shape index (κ3) is 13.9. The Hall–Kier alpha value is -0.160. The Morgan fingerprint density at radius 2 is 0.889 bits per heavy atom. The minimum Gasteiger partial charge on any atom is -0.330 e. The van der Waals surface area contributed by atoms with E-state index in [1.807, 2.05) is 0 Å². The summed E-state index contributed by atoms with van der Waals surface area (Å²) >= 11 is 0. The van der Waals surface area contributed by atoms with Crippen LogP contribution in [0, 0.1) is 0 Å². The van der Waals surface area contributed by atoms with Crippen LogP contribution in [0.15, 0.2) is 0 Å². The Kier molecular flexibility index (Phi) is 18.9. The lowest BCUT2D eigenvalue weighted by Crippen LogP contribution is -2.25. The van der Waals surface area contributed by atoms with Gasteiger partial charge in [0, 0.05) is 0 Å². The van der Waals surface area contributed by atoms with E-state index in [2.05, 4.69) is 37.5 Å². The van der Waals surface area contributed by atoms with Crippen molar-refractivity contribution in [2.45, 2.75) is 40.5 Å². The average molecular weight is 260 g/mol. The van der Waals surface area contributed by atoms with E-state index in [4.69, 9.17) is 11.5 Å². The van der Waals surface area contributed by atoms with Crippen LogP contribution in [0.25, 0.3) is 0 Å². The summed E-state index contributed by atoms with van der Waals surface area (Å²) < 4.78 is 0. The predicted molar refractivity (Wildman–Crippen MR) is 82.9 cm³/mol. The molecule has 0 aromatic heterocycles. The van der Waals surface area contributed by atoms with E-state index in [0.29, 0.717) is 0 Å². The van der Waals surface area contributed by atoms with Crippen LogP contribution in [0.3, 0.4) is 0 Å². The summed E-state index contributed by atoms with van der Waals surface area (Å²) in [6, 6.07) is 0. The van der Waals surface area contributed by atoms with E-state index in [1.165, 1.54) is 0 Å². The maximum absolute atomic E-state index is 5.36. The molecule has 0 saturated carbocycles. The third-order valence-corrected chi connectivity index (χ3v) is 3.15. The summed E-state index contributed by atoms with van der Waals surface area (Å²) in [6.45, 7) is 17.3. The Bertz CT molecular complexity index is 118. The molecule has 0 aromatic rings. The van der Waals surface area contributed by atoms with Crippen LogP contribution in [0.5, 0.6) is 0 Å². The van der Waals surface area contributed by atoms with Crippen molar-refractivity contribution in [3.8, 4) is 0 Å². The summed E-state index contributed by atoms with van der Waals surface area (Å²) in [5.41, 5.74) is 10.7. The summed E-state index contributed by atoms with van der Waals surface area (Å²) in [6.07, 6.45) is 2.25. The highest BCUT2D eigenvalue weighted by Crippen LogP contribution is 1.88. The van der Waals surface area contributed by atoms with Crippen molar-refractivity contribution in [2.75, 3.05) is 52.4 Å². The van der Waals surface area contributed by atoms with Crippen molar-refractivity contribution in [3.63, 3.8) is 0 Å². The fraction of sp³-hybridized carbons (Fsp3) is 1.00. The summed E-state index contributed by atoms with van der Waals surface area (Å²) in [4.78, 5) is 4.76. The van der Waals surface area contributed by atoms with E-state index in [9.17, 15) is 0 Å². The normalized spacial score (nSPS) is 10.7.